The minimum absolute atomic E-state index is 0.600. The van der Waals surface area contributed by atoms with Gasteiger partial charge in [-0.2, -0.15) is 0 Å². The Labute approximate surface area is 95.2 Å². The molecule has 1 heterocycles. The van der Waals surface area contributed by atoms with Crippen LogP contribution < -0.4 is 5.73 Å². The zero-order valence-electron chi connectivity index (χ0n) is 10.7. The molecule has 2 heteroatoms. The standard InChI is InChI=1S/C13H28N2/c1-4-11(2)13(10-14)15-9-7-5-6-8-12(15)3/h11-13H,4-10,14H2,1-3H3. The fourth-order valence-electron chi connectivity index (χ4n) is 2.76. The van der Waals surface area contributed by atoms with Crippen molar-refractivity contribution in [3.63, 3.8) is 0 Å². The average molecular weight is 212 g/mol. The Morgan fingerprint density at radius 3 is 2.67 bits per heavy atom. The van der Waals surface area contributed by atoms with E-state index in [1.54, 1.807) is 0 Å². The Hall–Kier alpha value is -0.0800. The van der Waals surface area contributed by atoms with Gasteiger partial charge in [0.25, 0.3) is 0 Å². The van der Waals surface area contributed by atoms with Crippen LogP contribution in [0, 0.1) is 5.92 Å². The topological polar surface area (TPSA) is 29.3 Å². The van der Waals surface area contributed by atoms with Crippen LogP contribution in [-0.2, 0) is 0 Å². The lowest BCUT2D eigenvalue weighted by Crippen LogP contribution is -2.48. The summed E-state index contributed by atoms with van der Waals surface area (Å²) in [6.07, 6.45) is 6.75. The van der Waals surface area contributed by atoms with Crippen LogP contribution in [0.5, 0.6) is 0 Å². The zero-order chi connectivity index (χ0) is 11.3. The summed E-state index contributed by atoms with van der Waals surface area (Å²) in [5, 5.41) is 0. The molecule has 0 bridgehead atoms. The Balaban J connectivity index is 2.62. The van der Waals surface area contributed by atoms with Crippen LogP contribution in [0.4, 0.5) is 0 Å². The van der Waals surface area contributed by atoms with Gasteiger partial charge in [-0.1, -0.05) is 33.1 Å². The lowest BCUT2D eigenvalue weighted by molar-refractivity contribution is 0.110. The summed E-state index contributed by atoms with van der Waals surface area (Å²) in [4.78, 5) is 2.67. The second kappa shape index (κ2) is 6.49. The zero-order valence-corrected chi connectivity index (χ0v) is 10.7. The quantitative estimate of drug-likeness (QED) is 0.776. The van der Waals surface area contributed by atoms with Gasteiger partial charge in [-0.05, 0) is 32.2 Å². The molecule has 0 aliphatic carbocycles. The third-order valence-corrected chi connectivity index (χ3v) is 4.07. The molecule has 15 heavy (non-hydrogen) atoms. The third kappa shape index (κ3) is 3.46. The lowest BCUT2D eigenvalue weighted by atomic mass is 9.96. The second-order valence-corrected chi connectivity index (χ2v) is 5.12. The van der Waals surface area contributed by atoms with Crippen molar-refractivity contribution in [1.82, 2.24) is 4.90 Å². The first-order valence-corrected chi connectivity index (χ1v) is 6.66. The Morgan fingerprint density at radius 1 is 1.33 bits per heavy atom. The molecule has 2 nitrogen and oxygen atoms in total. The molecule has 0 aromatic heterocycles. The lowest BCUT2D eigenvalue weighted by Gasteiger charge is -2.38. The predicted molar refractivity (Wildman–Crippen MR) is 66.9 cm³/mol. The summed E-state index contributed by atoms with van der Waals surface area (Å²) in [5.41, 5.74) is 5.95. The van der Waals surface area contributed by atoms with E-state index in [0.717, 1.165) is 18.5 Å². The van der Waals surface area contributed by atoms with E-state index >= 15 is 0 Å². The molecule has 3 atom stereocenters. The number of rotatable bonds is 4. The SMILES string of the molecule is CCC(C)C(CN)N1CCCCCC1C. The fraction of sp³-hybridized carbons (Fsp3) is 1.00. The van der Waals surface area contributed by atoms with E-state index in [9.17, 15) is 0 Å². The van der Waals surface area contributed by atoms with Crippen LogP contribution in [0.25, 0.3) is 0 Å². The Morgan fingerprint density at radius 2 is 2.07 bits per heavy atom. The minimum atomic E-state index is 0.600. The first kappa shape index (κ1) is 13.0. The first-order chi connectivity index (χ1) is 7.20. The van der Waals surface area contributed by atoms with Gasteiger partial charge in [0.05, 0.1) is 0 Å². The summed E-state index contributed by atoms with van der Waals surface area (Å²) in [6.45, 7) is 9.06. The Kier molecular flexibility index (Phi) is 5.62. The van der Waals surface area contributed by atoms with Gasteiger partial charge in [0, 0.05) is 18.6 Å². The molecule has 1 rings (SSSR count). The highest BCUT2D eigenvalue weighted by molar-refractivity contribution is 4.82. The smallest absolute Gasteiger partial charge is 0.0246 e. The van der Waals surface area contributed by atoms with Crippen molar-refractivity contribution in [3.8, 4) is 0 Å². The predicted octanol–water partition coefficient (Wildman–Crippen LogP) is 2.62. The van der Waals surface area contributed by atoms with Crippen LogP contribution in [0.3, 0.4) is 0 Å². The van der Waals surface area contributed by atoms with Crippen molar-refractivity contribution >= 4 is 0 Å². The third-order valence-electron chi connectivity index (χ3n) is 4.07. The van der Waals surface area contributed by atoms with Crippen molar-refractivity contribution < 1.29 is 0 Å². The maximum Gasteiger partial charge on any atom is 0.0246 e. The number of likely N-dealkylation sites (tertiary alicyclic amines) is 1. The molecule has 3 unspecified atom stereocenters. The molecule has 90 valence electrons. The summed E-state index contributed by atoms with van der Waals surface area (Å²) >= 11 is 0. The van der Waals surface area contributed by atoms with Gasteiger partial charge in [0.2, 0.25) is 0 Å². The molecule has 0 amide bonds. The molecular formula is C13H28N2. The summed E-state index contributed by atoms with van der Waals surface area (Å²) in [7, 11) is 0. The molecule has 1 fully saturated rings. The van der Waals surface area contributed by atoms with Crippen LogP contribution >= 0.6 is 0 Å². The fourth-order valence-corrected chi connectivity index (χ4v) is 2.76. The number of nitrogens with two attached hydrogens (primary N) is 1. The van der Waals surface area contributed by atoms with E-state index in [4.69, 9.17) is 5.73 Å². The molecule has 1 aliphatic heterocycles. The maximum absolute atomic E-state index is 5.95. The van der Waals surface area contributed by atoms with E-state index in [0.29, 0.717) is 6.04 Å². The minimum Gasteiger partial charge on any atom is -0.329 e. The van der Waals surface area contributed by atoms with E-state index in [1.807, 2.05) is 0 Å². The van der Waals surface area contributed by atoms with E-state index < -0.39 is 0 Å². The van der Waals surface area contributed by atoms with E-state index in [1.165, 1.54) is 38.6 Å². The molecule has 1 saturated heterocycles. The number of hydrogen-bond donors (Lipinski definition) is 1. The largest absolute Gasteiger partial charge is 0.329 e. The van der Waals surface area contributed by atoms with Gasteiger partial charge in [0.1, 0.15) is 0 Å². The molecular weight excluding hydrogens is 184 g/mol. The van der Waals surface area contributed by atoms with Gasteiger partial charge in [-0.3, -0.25) is 4.90 Å². The van der Waals surface area contributed by atoms with Gasteiger partial charge in [-0.25, -0.2) is 0 Å². The van der Waals surface area contributed by atoms with Crippen LogP contribution in [0.2, 0.25) is 0 Å². The molecule has 1 aliphatic rings. The van der Waals surface area contributed by atoms with Crippen molar-refractivity contribution in [3.05, 3.63) is 0 Å². The monoisotopic (exact) mass is 212 g/mol. The summed E-state index contributed by atoms with van der Waals surface area (Å²) in [5.74, 6) is 0.732. The normalized spacial score (nSPS) is 28.4. The summed E-state index contributed by atoms with van der Waals surface area (Å²) < 4.78 is 0. The van der Waals surface area contributed by atoms with Gasteiger partial charge in [-0.15, -0.1) is 0 Å². The van der Waals surface area contributed by atoms with E-state index in [2.05, 4.69) is 25.7 Å². The molecule has 0 spiro atoms. The average Bonchev–Trinajstić information content (AvgIpc) is 2.45. The van der Waals surface area contributed by atoms with Crippen LogP contribution in [0.15, 0.2) is 0 Å². The number of hydrogen-bond acceptors (Lipinski definition) is 2. The van der Waals surface area contributed by atoms with Crippen LogP contribution in [-0.4, -0.2) is 30.1 Å². The molecule has 0 aromatic carbocycles. The molecule has 2 N–H and O–H groups in total. The van der Waals surface area contributed by atoms with Crippen molar-refractivity contribution in [2.45, 2.75) is 65.0 Å². The first-order valence-electron chi connectivity index (χ1n) is 6.66. The van der Waals surface area contributed by atoms with Crippen molar-refractivity contribution in [2.75, 3.05) is 13.1 Å². The maximum atomic E-state index is 5.95. The van der Waals surface area contributed by atoms with E-state index in [-0.39, 0.29) is 0 Å². The highest BCUT2D eigenvalue weighted by atomic mass is 15.2. The molecule has 0 radical (unpaired) electrons. The molecule has 0 saturated carbocycles. The summed E-state index contributed by atoms with van der Waals surface area (Å²) in [6, 6.07) is 1.33. The highest BCUT2D eigenvalue weighted by Gasteiger charge is 2.26. The van der Waals surface area contributed by atoms with Crippen molar-refractivity contribution in [1.29, 1.82) is 0 Å². The molecule has 0 aromatic rings. The van der Waals surface area contributed by atoms with Crippen LogP contribution in [0.1, 0.15) is 52.9 Å². The Bertz CT molecular complexity index is 170. The van der Waals surface area contributed by atoms with Gasteiger partial charge < -0.3 is 5.73 Å². The van der Waals surface area contributed by atoms with Crippen molar-refractivity contribution in [2.24, 2.45) is 11.7 Å². The highest BCUT2D eigenvalue weighted by Crippen LogP contribution is 2.23. The van der Waals surface area contributed by atoms with Gasteiger partial charge in [0.15, 0.2) is 0 Å². The second-order valence-electron chi connectivity index (χ2n) is 5.12. The van der Waals surface area contributed by atoms with Gasteiger partial charge >= 0.3 is 0 Å². The number of nitrogens with zero attached hydrogens (tertiary/aromatic N) is 1.